The van der Waals surface area contributed by atoms with Gasteiger partial charge < -0.3 is 4.79 Å². The van der Waals surface area contributed by atoms with Crippen LogP contribution in [0.15, 0.2) is 47.9 Å². The van der Waals surface area contributed by atoms with Gasteiger partial charge in [0.25, 0.3) is 0 Å². The Morgan fingerprint density at radius 3 is 1.96 bits per heavy atom. The fourth-order valence-corrected chi connectivity index (χ4v) is 2.35. The van der Waals surface area contributed by atoms with Crippen molar-refractivity contribution < 1.29 is 14.6 Å². The summed E-state index contributed by atoms with van der Waals surface area (Å²) in [5, 5.41) is 21.7. The zero-order valence-corrected chi connectivity index (χ0v) is 16.0. The van der Waals surface area contributed by atoms with Gasteiger partial charge in [0, 0.05) is 12.8 Å². The topological polar surface area (TPSA) is 103 Å². The van der Waals surface area contributed by atoms with Crippen molar-refractivity contribution >= 4 is 6.29 Å². The first kappa shape index (κ1) is 24.4. The number of hydrogen-bond acceptors (Lipinski definition) is 5. The van der Waals surface area contributed by atoms with Gasteiger partial charge >= 0.3 is 0 Å². The third-order valence-electron chi connectivity index (χ3n) is 3.91. The second kappa shape index (κ2) is 16.9. The summed E-state index contributed by atoms with van der Waals surface area (Å²) in [6.07, 6.45) is 18.8. The second-order valence-corrected chi connectivity index (χ2v) is 6.04. The monoisotopic (exact) mass is 378 g/mol. The Kier molecular flexibility index (Phi) is 15.3. The molecule has 0 atom stereocenters. The molecule has 7 nitrogen and oxygen atoms in total. The van der Waals surface area contributed by atoms with Gasteiger partial charge in [-0.3, -0.25) is 20.2 Å². The van der Waals surface area contributed by atoms with E-state index in [4.69, 9.17) is 0 Å². The van der Waals surface area contributed by atoms with E-state index in [1.807, 2.05) is 12.2 Å². The standard InChI is InChI=1S/C20H30N2O5/c1-2-19(21(24)25)16-14-17-20(22(26)27)15-12-10-8-6-4-3-5-7-9-11-13-18-23/h4,6,10,12,16-18H,2-3,5,7-9,11,13-15H2,1H3. The Morgan fingerprint density at radius 1 is 0.778 bits per heavy atom. The van der Waals surface area contributed by atoms with Crippen LogP contribution in [-0.4, -0.2) is 16.1 Å². The summed E-state index contributed by atoms with van der Waals surface area (Å²) in [6.45, 7) is 1.68. The summed E-state index contributed by atoms with van der Waals surface area (Å²) in [5.41, 5.74) is 0.110. The molecule has 0 aliphatic heterocycles. The molecule has 0 bridgehead atoms. The predicted molar refractivity (Wildman–Crippen MR) is 106 cm³/mol. The van der Waals surface area contributed by atoms with Gasteiger partial charge in [0.05, 0.1) is 16.3 Å². The lowest BCUT2D eigenvalue weighted by atomic mass is 10.1. The molecule has 0 aliphatic rings. The van der Waals surface area contributed by atoms with E-state index < -0.39 is 9.85 Å². The van der Waals surface area contributed by atoms with Crippen molar-refractivity contribution in [1.29, 1.82) is 0 Å². The van der Waals surface area contributed by atoms with Gasteiger partial charge in [0.15, 0.2) is 0 Å². The Hall–Kier alpha value is -2.57. The number of carbonyl (C=O) groups excluding carboxylic acids is 1. The zero-order valence-electron chi connectivity index (χ0n) is 16.0. The number of aldehydes is 1. The highest BCUT2D eigenvalue weighted by atomic mass is 16.6. The molecular formula is C20H30N2O5. The molecule has 27 heavy (non-hydrogen) atoms. The molecule has 0 fully saturated rings. The molecule has 0 amide bonds. The number of nitrogens with zero attached hydrogens (tertiary/aromatic N) is 2. The van der Waals surface area contributed by atoms with Gasteiger partial charge in [0.1, 0.15) is 6.29 Å². The van der Waals surface area contributed by atoms with Crippen LogP contribution in [0.25, 0.3) is 0 Å². The van der Waals surface area contributed by atoms with Gasteiger partial charge in [-0.15, -0.1) is 0 Å². The SMILES string of the molecule is CCC(=CCC=C(CC=CCC=CCCCCCCC=O)[N+](=O)[O-])[N+](=O)[O-]. The van der Waals surface area contributed by atoms with Crippen molar-refractivity contribution in [2.75, 3.05) is 0 Å². The highest BCUT2D eigenvalue weighted by molar-refractivity contribution is 5.48. The highest BCUT2D eigenvalue weighted by Crippen LogP contribution is 2.09. The number of hydrogen-bond donors (Lipinski definition) is 0. The van der Waals surface area contributed by atoms with Crippen molar-refractivity contribution in [3.63, 3.8) is 0 Å². The second-order valence-electron chi connectivity index (χ2n) is 6.04. The normalized spacial score (nSPS) is 12.8. The van der Waals surface area contributed by atoms with Crippen molar-refractivity contribution in [1.82, 2.24) is 0 Å². The molecule has 0 aromatic rings. The molecule has 0 aromatic heterocycles. The predicted octanol–water partition coefficient (Wildman–Crippen LogP) is 5.54. The fraction of sp³-hybridized carbons (Fsp3) is 0.550. The number of carbonyl (C=O) groups is 1. The molecule has 0 heterocycles. The summed E-state index contributed by atoms with van der Waals surface area (Å²) in [5.74, 6) is 0. The average Bonchev–Trinajstić information content (AvgIpc) is 2.63. The molecule has 0 aromatic carbocycles. The van der Waals surface area contributed by atoms with E-state index in [2.05, 4.69) is 6.08 Å². The molecule has 0 spiro atoms. The van der Waals surface area contributed by atoms with Crippen LogP contribution in [-0.2, 0) is 4.79 Å². The molecule has 0 unspecified atom stereocenters. The van der Waals surface area contributed by atoms with Gasteiger partial charge in [-0.05, 0) is 44.3 Å². The molecule has 0 saturated carbocycles. The molecule has 0 aliphatic carbocycles. The summed E-state index contributed by atoms with van der Waals surface area (Å²) in [4.78, 5) is 31.0. The molecule has 0 saturated heterocycles. The summed E-state index contributed by atoms with van der Waals surface area (Å²) in [6, 6.07) is 0. The van der Waals surface area contributed by atoms with E-state index in [-0.39, 0.29) is 24.2 Å². The Balaban J connectivity index is 4.15. The first-order valence-corrected chi connectivity index (χ1v) is 9.43. The first-order chi connectivity index (χ1) is 13.0. The molecule has 0 radical (unpaired) electrons. The van der Waals surface area contributed by atoms with E-state index in [1.165, 1.54) is 12.2 Å². The molecule has 150 valence electrons. The minimum absolute atomic E-state index is 0.0422. The van der Waals surface area contributed by atoms with Gasteiger partial charge in [-0.1, -0.05) is 44.1 Å². The molecule has 0 N–H and O–H groups in total. The van der Waals surface area contributed by atoms with Crippen molar-refractivity contribution in [3.05, 3.63) is 68.1 Å². The molecular weight excluding hydrogens is 348 g/mol. The van der Waals surface area contributed by atoms with Gasteiger partial charge in [-0.25, -0.2) is 0 Å². The fourth-order valence-electron chi connectivity index (χ4n) is 2.35. The number of nitro groups is 2. The van der Waals surface area contributed by atoms with E-state index in [0.29, 0.717) is 12.8 Å². The number of unbranched alkanes of at least 4 members (excludes halogenated alkanes) is 5. The minimum atomic E-state index is -0.461. The Labute approximate surface area is 160 Å². The third-order valence-corrected chi connectivity index (χ3v) is 3.91. The van der Waals surface area contributed by atoms with Crippen LogP contribution < -0.4 is 0 Å². The largest absolute Gasteiger partial charge is 0.303 e. The summed E-state index contributed by atoms with van der Waals surface area (Å²) in [7, 11) is 0. The van der Waals surface area contributed by atoms with E-state index >= 15 is 0 Å². The summed E-state index contributed by atoms with van der Waals surface area (Å²) >= 11 is 0. The van der Waals surface area contributed by atoms with Crippen LogP contribution in [0.4, 0.5) is 0 Å². The average molecular weight is 378 g/mol. The van der Waals surface area contributed by atoms with Crippen molar-refractivity contribution in [2.24, 2.45) is 0 Å². The molecule has 0 rings (SSSR count). The van der Waals surface area contributed by atoms with Crippen LogP contribution >= 0.6 is 0 Å². The number of rotatable bonds is 16. The van der Waals surface area contributed by atoms with Gasteiger partial charge in [-0.2, -0.15) is 0 Å². The van der Waals surface area contributed by atoms with E-state index in [9.17, 15) is 25.0 Å². The van der Waals surface area contributed by atoms with E-state index in [1.54, 1.807) is 13.0 Å². The smallest absolute Gasteiger partial charge is 0.246 e. The highest BCUT2D eigenvalue weighted by Gasteiger charge is 2.09. The maximum absolute atomic E-state index is 11.0. The van der Waals surface area contributed by atoms with Crippen LogP contribution in [0.2, 0.25) is 0 Å². The lowest BCUT2D eigenvalue weighted by Crippen LogP contribution is -1.99. The maximum atomic E-state index is 11.0. The van der Waals surface area contributed by atoms with Crippen LogP contribution in [0.5, 0.6) is 0 Å². The lowest BCUT2D eigenvalue weighted by molar-refractivity contribution is -0.428. The lowest BCUT2D eigenvalue weighted by Gasteiger charge is -1.95. The zero-order chi connectivity index (χ0) is 20.3. The van der Waals surface area contributed by atoms with Crippen molar-refractivity contribution in [3.8, 4) is 0 Å². The minimum Gasteiger partial charge on any atom is -0.303 e. The molecule has 7 heteroatoms. The Morgan fingerprint density at radius 2 is 1.37 bits per heavy atom. The Bertz CT molecular complexity index is 577. The number of allylic oxidation sites excluding steroid dienone is 7. The van der Waals surface area contributed by atoms with Gasteiger partial charge in [0.2, 0.25) is 11.4 Å². The van der Waals surface area contributed by atoms with E-state index in [0.717, 1.165) is 44.8 Å². The maximum Gasteiger partial charge on any atom is 0.246 e. The third kappa shape index (κ3) is 14.3. The van der Waals surface area contributed by atoms with Crippen molar-refractivity contribution in [2.45, 2.75) is 71.1 Å². The van der Waals surface area contributed by atoms with Crippen LogP contribution in [0.3, 0.4) is 0 Å². The quantitative estimate of drug-likeness (QED) is 0.115. The summed E-state index contributed by atoms with van der Waals surface area (Å²) < 4.78 is 0. The van der Waals surface area contributed by atoms with Crippen LogP contribution in [0.1, 0.15) is 71.1 Å². The first-order valence-electron chi connectivity index (χ1n) is 9.43. The van der Waals surface area contributed by atoms with Crippen LogP contribution in [0, 0.1) is 20.2 Å².